The molecule has 0 radical (unpaired) electrons. The van der Waals surface area contributed by atoms with Crippen LogP contribution < -0.4 is 5.32 Å². The van der Waals surface area contributed by atoms with Crippen LogP contribution in [0.15, 0.2) is 0 Å². The van der Waals surface area contributed by atoms with Crippen LogP contribution >= 0.6 is 11.3 Å². The number of amides is 1. The molecular weight excluding hydrogens is 328 g/mol. The van der Waals surface area contributed by atoms with E-state index in [1.54, 1.807) is 6.92 Å². The van der Waals surface area contributed by atoms with Crippen molar-refractivity contribution in [2.75, 3.05) is 13.2 Å². The van der Waals surface area contributed by atoms with Crippen molar-refractivity contribution in [3.8, 4) is 0 Å². The molecule has 1 heterocycles. The third-order valence-electron chi connectivity index (χ3n) is 4.70. The minimum atomic E-state index is -0.973. The van der Waals surface area contributed by atoms with Gasteiger partial charge in [0.15, 0.2) is 0 Å². The van der Waals surface area contributed by atoms with E-state index in [4.69, 9.17) is 9.84 Å². The van der Waals surface area contributed by atoms with E-state index in [9.17, 15) is 9.59 Å². The maximum atomic E-state index is 12.9. The quantitative estimate of drug-likeness (QED) is 0.699. The Morgan fingerprint density at radius 1 is 1.42 bits per heavy atom. The highest BCUT2D eigenvalue weighted by Gasteiger charge is 2.41. The highest BCUT2D eigenvalue weighted by molar-refractivity contribution is 7.13. The van der Waals surface area contributed by atoms with Crippen LogP contribution in [-0.4, -0.2) is 35.2 Å². The number of ether oxygens (including phenoxy) is 1. The van der Waals surface area contributed by atoms with Gasteiger partial charge in [-0.3, -0.25) is 4.79 Å². The van der Waals surface area contributed by atoms with Crippen molar-refractivity contribution in [1.82, 2.24) is 10.3 Å². The molecule has 6 nitrogen and oxygen atoms in total. The van der Waals surface area contributed by atoms with Gasteiger partial charge in [0.25, 0.3) is 0 Å². The topological polar surface area (TPSA) is 88.5 Å². The Labute approximate surface area is 146 Å². The molecule has 1 atom stereocenters. The zero-order valence-corrected chi connectivity index (χ0v) is 15.4. The number of carboxylic acid groups (broad SMARTS) is 1. The van der Waals surface area contributed by atoms with Gasteiger partial charge < -0.3 is 15.2 Å². The van der Waals surface area contributed by atoms with Crippen LogP contribution in [-0.2, 0) is 9.53 Å². The fraction of sp³-hybridized carbons (Fsp3) is 0.706. The van der Waals surface area contributed by atoms with Gasteiger partial charge in [0.05, 0.1) is 17.2 Å². The van der Waals surface area contributed by atoms with Crippen LogP contribution in [0.4, 0.5) is 0 Å². The number of carbonyl (C=O) groups is 2. The van der Waals surface area contributed by atoms with Gasteiger partial charge in [-0.25, -0.2) is 9.78 Å². The molecule has 1 aliphatic rings. The van der Waals surface area contributed by atoms with E-state index in [2.05, 4.69) is 10.3 Å². The standard InChI is InChI=1S/C17H26N2O4S/c1-4-23-10-9-17(7-5-6-8-17)16(22)19-12(3)14-18-11(2)13(24-14)15(20)21/h12H,4-10H2,1-3H3,(H,19,22)(H,20,21). The molecule has 1 unspecified atom stereocenters. The smallest absolute Gasteiger partial charge is 0.347 e. The molecule has 0 bridgehead atoms. The van der Waals surface area contributed by atoms with Crippen molar-refractivity contribution in [3.63, 3.8) is 0 Å². The molecule has 0 spiro atoms. The second-order valence-corrected chi connectivity index (χ2v) is 7.43. The Morgan fingerprint density at radius 3 is 2.62 bits per heavy atom. The number of aryl methyl sites for hydroxylation is 1. The number of thiazole rings is 1. The first-order valence-corrected chi connectivity index (χ1v) is 9.30. The number of carboxylic acids is 1. The van der Waals surface area contributed by atoms with Gasteiger partial charge in [-0.1, -0.05) is 12.8 Å². The summed E-state index contributed by atoms with van der Waals surface area (Å²) in [5.74, 6) is -0.935. The van der Waals surface area contributed by atoms with Gasteiger partial charge in [0.2, 0.25) is 5.91 Å². The number of hydrogen-bond acceptors (Lipinski definition) is 5. The lowest BCUT2D eigenvalue weighted by Crippen LogP contribution is -2.41. The van der Waals surface area contributed by atoms with E-state index in [1.165, 1.54) is 0 Å². The van der Waals surface area contributed by atoms with Gasteiger partial charge in [-0.15, -0.1) is 11.3 Å². The van der Waals surface area contributed by atoms with E-state index in [0.29, 0.717) is 23.9 Å². The number of carbonyl (C=O) groups excluding carboxylic acids is 1. The van der Waals surface area contributed by atoms with E-state index in [1.807, 2.05) is 13.8 Å². The average Bonchev–Trinajstić information content (AvgIpc) is 3.15. The molecule has 1 aromatic rings. The lowest BCUT2D eigenvalue weighted by molar-refractivity contribution is -0.132. The molecule has 1 aliphatic carbocycles. The molecule has 1 amide bonds. The summed E-state index contributed by atoms with van der Waals surface area (Å²) in [6.07, 6.45) is 4.63. The molecule has 0 aromatic carbocycles. The zero-order chi connectivity index (χ0) is 17.7. The molecule has 1 fully saturated rings. The summed E-state index contributed by atoms with van der Waals surface area (Å²) >= 11 is 1.13. The van der Waals surface area contributed by atoms with Gasteiger partial charge in [0.1, 0.15) is 9.88 Å². The molecule has 1 saturated carbocycles. The first kappa shape index (κ1) is 18.9. The Kier molecular flexibility index (Phi) is 6.34. The molecule has 24 heavy (non-hydrogen) atoms. The van der Waals surface area contributed by atoms with Crippen molar-refractivity contribution < 1.29 is 19.4 Å². The van der Waals surface area contributed by atoms with Gasteiger partial charge >= 0.3 is 5.97 Å². The largest absolute Gasteiger partial charge is 0.477 e. The number of hydrogen-bond donors (Lipinski definition) is 2. The lowest BCUT2D eigenvalue weighted by atomic mass is 9.81. The van der Waals surface area contributed by atoms with E-state index in [-0.39, 0.29) is 22.2 Å². The summed E-state index contributed by atoms with van der Waals surface area (Å²) in [6, 6.07) is -0.293. The summed E-state index contributed by atoms with van der Waals surface area (Å²) in [6.45, 7) is 6.74. The van der Waals surface area contributed by atoms with Gasteiger partial charge in [-0.2, -0.15) is 0 Å². The first-order chi connectivity index (χ1) is 11.4. The van der Waals surface area contributed by atoms with Gasteiger partial charge in [0, 0.05) is 13.2 Å². The number of nitrogens with one attached hydrogen (secondary N) is 1. The van der Waals surface area contributed by atoms with Crippen LogP contribution in [0.25, 0.3) is 0 Å². The van der Waals surface area contributed by atoms with Crippen LogP contribution in [0.3, 0.4) is 0 Å². The fourth-order valence-electron chi connectivity index (χ4n) is 3.27. The molecular formula is C17H26N2O4S. The lowest BCUT2D eigenvalue weighted by Gasteiger charge is -2.29. The second kappa shape index (κ2) is 8.07. The molecule has 7 heteroatoms. The van der Waals surface area contributed by atoms with Crippen molar-refractivity contribution >= 4 is 23.2 Å². The Morgan fingerprint density at radius 2 is 2.08 bits per heavy atom. The molecule has 2 rings (SSSR count). The Hall–Kier alpha value is -1.47. The summed E-state index contributed by atoms with van der Waals surface area (Å²) in [4.78, 5) is 28.6. The van der Waals surface area contributed by atoms with Crippen LogP contribution in [0.2, 0.25) is 0 Å². The third-order valence-corrected chi connectivity index (χ3v) is 6.02. The van der Waals surface area contributed by atoms with E-state index in [0.717, 1.165) is 43.4 Å². The first-order valence-electron chi connectivity index (χ1n) is 8.49. The fourth-order valence-corrected chi connectivity index (χ4v) is 4.17. The predicted molar refractivity (Wildman–Crippen MR) is 92.4 cm³/mol. The van der Waals surface area contributed by atoms with Crippen molar-refractivity contribution in [3.05, 3.63) is 15.6 Å². The zero-order valence-electron chi connectivity index (χ0n) is 14.6. The Balaban J connectivity index is 2.06. The number of rotatable bonds is 8. The molecule has 2 N–H and O–H groups in total. The number of aromatic carboxylic acids is 1. The third kappa shape index (κ3) is 4.13. The van der Waals surface area contributed by atoms with Crippen molar-refractivity contribution in [1.29, 1.82) is 0 Å². The molecule has 0 saturated heterocycles. The second-order valence-electron chi connectivity index (χ2n) is 6.40. The number of aromatic nitrogens is 1. The SMILES string of the molecule is CCOCCC1(C(=O)NC(C)c2nc(C)c(C(=O)O)s2)CCCC1. The highest BCUT2D eigenvalue weighted by atomic mass is 32.1. The summed E-state index contributed by atoms with van der Waals surface area (Å²) in [5, 5.41) is 12.8. The minimum Gasteiger partial charge on any atom is -0.477 e. The minimum absolute atomic E-state index is 0.0388. The maximum Gasteiger partial charge on any atom is 0.347 e. The summed E-state index contributed by atoms with van der Waals surface area (Å²) in [5.41, 5.74) is 0.140. The summed E-state index contributed by atoms with van der Waals surface area (Å²) in [7, 11) is 0. The van der Waals surface area contributed by atoms with Crippen molar-refractivity contribution in [2.45, 2.75) is 58.9 Å². The van der Waals surface area contributed by atoms with E-state index < -0.39 is 5.97 Å². The monoisotopic (exact) mass is 354 g/mol. The normalized spacial score (nSPS) is 17.6. The maximum absolute atomic E-state index is 12.9. The molecule has 1 aromatic heterocycles. The molecule has 134 valence electrons. The van der Waals surface area contributed by atoms with Crippen LogP contribution in [0, 0.1) is 12.3 Å². The van der Waals surface area contributed by atoms with E-state index >= 15 is 0 Å². The van der Waals surface area contributed by atoms with Crippen LogP contribution in [0.1, 0.15) is 72.4 Å². The Bertz CT molecular complexity index is 593. The highest BCUT2D eigenvalue weighted by Crippen LogP contribution is 2.42. The molecule has 0 aliphatic heterocycles. The predicted octanol–water partition coefficient (Wildman–Crippen LogP) is 3.31. The number of nitrogens with zero attached hydrogens (tertiary/aromatic N) is 1. The van der Waals surface area contributed by atoms with Crippen molar-refractivity contribution in [2.24, 2.45) is 5.41 Å². The average molecular weight is 354 g/mol. The van der Waals surface area contributed by atoms with Crippen LogP contribution in [0.5, 0.6) is 0 Å². The van der Waals surface area contributed by atoms with Gasteiger partial charge in [-0.05, 0) is 40.0 Å². The summed E-state index contributed by atoms with van der Waals surface area (Å²) < 4.78 is 5.45.